The van der Waals surface area contributed by atoms with E-state index in [0.29, 0.717) is 12.5 Å². The predicted octanol–water partition coefficient (Wildman–Crippen LogP) is 3.36. The third-order valence-electron chi connectivity index (χ3n) is 3.21. The fourth-order valence-corrected chi connectivity index (χ4v) is 1.97. The molecule has 0 amide bonds. The van der Waals surface area contributed by atoms with E-state index >= 15 is 0 Å². The standard InChI is InChI=1S/C16H21N3O/c1-4-13-6-8-14(9-7-13)10-17-15-12(3)16(20-5-2)19-11-18-15/h6-9,11H,4-5,10H2,1-3H3,(H,17,18,19). The first-order valence-electron chi connectivity index (χ1n) is 7.00. The maximum absolute atomic E-state index is 5.47. The molecular weight excluding hydrogens is 250 g/mol. The van der Waals surface area contributed by atoms with Crippen LogP contribution in [0.15, 0.2) is 30.6 Å². The lowest BCUT2D eigenvalue weighted by Gasteiger charge is -2.11. The minimum absolute atomic E-state index is 0.607. The van der Waals surface area contributed by atoms with Crippen LogP contribution < -0.4 is 10.1 Å². The lowest BCUT2D eigenvalue weighted by atomic mass is 10.1. The zero-order valence-electron chi connectivity index (χ0n) is 12.3. The van der Waals surface area contributed by atoms with E-state index in [9.17, 15) is 0 Å². The zero-order chi connectivity index (χ0) is 14.4. The first kappa shape index (κ1) is 14.3. The van der Waals surface area contributed by atoms with Gasteiger partial charge >= 0.3 is 0 Å². The molecule has 1 aromatic heterocycles. The molecule has 20 heavy (non-hydrogen) atoms. The van der Waals surface area contributed by atoms with E-state index in [1.807, 2.05) is 13.8 Å². The predicted molar refractivity (Wildman–Crippen MR) is 81.1 cm³/mol. The van der Waals surface area contributed by atoms with E-state index in [1.54, 1.807) is 0 Å². The topological polar surface area (TPSA) is 47.0 Å². The molecule has 106 valence electrons. The lowest BCUT2D eigenvalue weighted by molar-refractivity contribution is 0.324. The number of anilines is 1. The second-order valence-corrected chi connectivity index (χ2v) is 4.61. The van der Waals surface area contributed by atoms with Crippen LogP contribution in [0, 0.1) is 6.92 Å². The van der Waals surface area contributed by atoms with Crippen molar-refractivity contribution >= 4 is 5.82 Å². The lowest BCUT2D eigenvalue weighted by Crippen LogP contribution is -2.06. The Kier molecular flexibility index (Phi) is 4.93. The maximum atomic E-state index is 5.47. The van der Waals surface area contributed by atoms with Gasteiger partial charge in [-0.15, -0.1) is 0 Å². The van der Waals surface area contributed by atoms with Crippen molar-refractivity contribution in [3.05, 3.63) is 47.3 Å². The van der Waals surface area contributed by atoms with Crippen LogP contribution in [0.2, 0.25) is 0 Å². The fourth-order valence-electron chi connectivity index (χ4n) is 1.97. The summed E-state index contributed by atoms with van der Waals surface area (Å²) in [6.45, 7) is 7.42. The van der Waals surface area contributed by atoms with E-state index in [2.05, 4.69) is 46.5 Å². The summed E-state index contributed by atoms with van der Waals surface area (Å²) in [6.07, 6.45) is 2.59. The average Bonchev–Trinajstić information content (AvgIpc) is 2.49. The molecule has 0 spiro atoms. The fraction of sp³-hybridized carbons (Fsp3) is 0.375. The molecule has 0 atom stereocenters. The van der Waals surface area contributed by atoms with Gasteiger partial charge in [0, 0.05) is 6.54 Å². The highest BCUT2D eigenvalue weighted by Crippen LogP contribution is 2.20. The summed E-state index contributed by atoms with van der Waals surface area (Å²) in [4.78, 5) is 8.40. The van der Waals surface area contributed by atoms with E-state index in [1.165, 1.54) is 17.5 Å². The van der Waals surface area contributed by atoms with Gasteiger partial charge in [0.15, 0.2) is 0 Å². The zero-order valence-corrected chi connectivity index (χ0v) is 12.3. The molecule has 0 saturated heterocycles. The second kappa shape index (κ2) is 6.89. The Labute approximate surface area is 120 Å². The largest absolute Gasteiger partial charge is 0.478 e. The highest BCUT2D eigenvalue weighted by atomic mass is 16.5. The normalized spacial score (nSPS) is 10.3. The molecule has 0 unspecified atom stereocenters. The van der Waals surface area contributed by atoms with Gasteiger partial charge in [-0.25, -0.2) is 9.97 Å². The van der Waals surface area contributed by atoms with E-state index in [4.69, 9.17) is 4.74 Å². The van der Waals surface area contributed by atoms with E-state index in [0.717, 1.165) is 24.3 Å². The Morgan fingerprint density at radius 2 is 1.75 bits per heavy atom. The molecule has 0 bridgehead atoms. The number of nitrogens with one attached hydrogen (secondary N) is 1. The third kappa shape index (κ3) is 3.47. The Bertz CT molecular complexity index is 552. The highest BCUT2D eigenvalue weighted by Gasteiger charge is 2.07. The SMILES string of the molecule is CCOc1ncnc(NCc2ccc(CC)cc2)c1C. The van der Waals surface area contributed by atoms with Gasteiger partial charge in [0.2, 0.25) is 5.88 Å². The van der Waals surface area contributed by atoms with Crippen molar-refractivity contribution in [2.24, 2.45) is 0 Å². The van der Waals surface area contributed by atoms with E-state index < -0.39 is 0 Å². The number of ether oxygens (including phenoxy) is 1. The molecular formula is C16H21N3O. The Hall–Kier alpha value is -2.10. The maximum Gasteiger partial charge on any atom is 0.221 e. The molecule has 0 aliphatic carbocycles. The van der Waals surface area contributed by atoms with Gasteiger partial charge in [-0.1, -0.05) is 31.2 Å². The molecule has 1 heterocycles. The molecule has 2 aromatic rings. The number of aromatic nitrogens is 2. The average molecular weight is 271 g/mol. The van der Waals surface area contributed by atoms with Crippen molar-refractivity contribution in [2.75, 3.05) is 11.9 Å². The minimum Gasteiger partial charge on any atom is -0.478 e. The molecule has 0 aliphatic heterocycles. The quantitative estimate of drug-likeness (QED) is 0.875. The summed E-state index contributed by atoms with van der Waals surface area (Å²) in [7, 11) is 0. The van der Waals surface area contributed by atoms with Crippen LogP contribution in [0.1, 0.15) is 30.5 Å². The molecule has 1 N–H and O–H groups in total. The van der Waals surface area contributed by atoms with Crippen LogP contribution in [-0.4, -0.2) is 16.6 Å². The first-order valence-corrected chi connectivity index (χ1v) is 7.00. The highest BCUT2D eigenvalue weighted by molar-refractivity contribution is 5.48. The number of nitrogens with zero attached hydrogens (tertiary/aromatic N) is 2. The summed E-state index contributed by atoms with van der Waals surface area (Å²) in [5.41, 5.74) is 3.53. The van der Waals surface area contributed by atoms with Crippen LogP contribution >= 0.6 is 0 Å². The van der Waals surface area contributed by atoms with Crippen LogP contribution in [0.25, 0.3) is 0 Å². The number of hydrogen-bond acceptors (Lipinski definition) is 4. The summed E-state index contributed by atoms with van der Waals surface area (Å²) >= 11 is 0. The van der Waals surface area contributed by atoms with Gasteiger partial charge in [-0.3, -0.25) is 0 Å². The molecule has 4 heteroatoms. The number of aryl methyl sites for hydroxylation is 1. The van der Waals surface area contributed by atoms with E-state index in [-0.39, 0.29) is 0 Å². The smallest absolute Gasteiger partial charge is 0.221 e. The summed E-state index contributed by atoms with van der Waals surface area (Å²) < 4.78 is 5.47. The van der Waals surface area contributed by atoms with Crippen LogP contribution in [0.5, 0.6) is 5.88 Å². The van der Waals surface area contributed by atoms with Gasteiger partial charge < -0.3 is 10.1 Å². The number of benzene rings is 1. The van der Waals surface area contributed by atoms with Crippen LogP contribution in [0.4, 0.5) is 5.82 Å². The first-order chi connectivity index (χ1) is 9.74. The minimum atomic E-state index is 0.607. The Morgan fingerprint density at radius 1 is 1.05 bits per heavy atom. The van der Waals surface area contributed by atoms with Crippen molar-refractivity contribution in [3.63, 3.8) is 0 Å². The second-order valence-electron chi connectivity index (χ2n) is 4.61. The molecule has 4 nitrogen and oxygen atoms in total. The van der Waals surface area contributed by atoms with Crippen molar-refractivity contribution in [3.8, 4) is 5.88 Å². The van der Waals surface area contributed by atoms with Crippen molar-refractivity contribution in [2.45, 2.75) is 33.7 Å². The summed E-state index contributed by atoms with van der Waals surface area (Å²) in [5.74, 6) is 1.47. The summed E-state index contributed by atoms with van der Waals surface area (Å²) in [6, 6.07) is 8.61. The third-order valence-corrected chi connectivity index (χ3v) is 3.21. The molecule has 0 aliphatic rings. The van der Waals surface area contributed by atoms with Gasteiger partial charge in [-0.05, 0) is 31.4 Å². The number of hydrogen-bond donors (Lipinski definition) is 1. The molecule has 0 saturated carbocycles. The molecule has 1 aromatic carbocycles. The Balaban J connectivity index is 2.04. The molecule has 0 radical (unpaired) electrons. The van der Waals surface area contributed by atoms with Crippen LogP contribution in [-0.2, 0) is 13.0 Å². The van der Waals surface area contributed by atoms with Crippen molar-refractivity contribution < 1.29 is 4.74 Å². The Morgan fingerprint density at radius 3 is 2.40 bits per heavy atom. The van der Waals surface area contributed by atoms with Crippen LogP contribution in [0.3, 0.4) is 0 Å². The van der Waals surface area contributed by atoms with Gasteiger partial charge in [-0.2, -0.15) is 0 Å². The molecule has 2 rings (SSSR count). The number of rotatable bonds is 6. The van der Waals surface area contributed by atoms with Gasteiger partial charge in [0.25, 0.3) is 0 Å². The molecule has 0 fully saturated rings. The summed E-state index contributed by atoms with van der Waals surface area (Å²) in [5, 5.41) is 3.33. The van der Waals surface area contributed by atoms with Crippen molar-refractivity contribution in [1.29, 1.82) is 0 Å². The van der Waals surface area contributed by atoms with Gasteiger partial charge in [0.05, 0.1) is 12.2 Å². The van der Waals surface area contributed by atoms with Gasteiger partial charge in [0.1, 0.15) is 12.1 Å². The monoisotopic (exact) mass is 271 g/mol. The van der Waals surface area contributed by atoms with Crippen molar-refractivity contribution in [1.82, 2.24) is 9.97 Å².